The average Bonchev–Trinajstić information content (AvgIpc) is 3.01. The lowest BCUT2D eigenvalue weighted by Crippen LogP contribution is -2.30. The zero-order valence-corrected chi connectivity index (χ0v) is 29.6. The molecule has 0 aliphatic carbocycles. The summed E-state index contributed by atoms with van der Waals surface area (Å²) in [5.41, 5.74) is 0. The number of carbonyl (C=O) groups excluding carboxylic acids is 3. The van der Waals surface area contributed by atoms with E-state index in [0.717, 1.165) is 51.2 Å². The summed E-state index contributed by atoms with van der Waals surface area (Å²) in [5, 5.41) is 2.94. The number of hydrogen-bond donors (Lipinski definition) is 1. The van der Waals surface area contributed by atoms with Crippen LogP contribution in [0.2, 0.25) is 0 Å². The number of amides is 1. The predicted octanol–water partition coefficient (Wildman–Crippen LogP) is 11.7. The summed E-state index contributed by atoms with van der Waals surface area (Å²) in [4.78, 5) is 35.6. The Hall–Kier alpha value is -1.39. The molecule has 0 aliphatic heterocycles. The van der Waals surface area contributed by atoms with Gasteiger partial charge in [-0.25, -0.2) is 0 Å². The summed E-state index contributed by atoms with van der Waals surface area (Å²) >= 11 is 0. The maximum absolute atomic E-state index is 12.6. The summed E-state index contributed by atoms with van der Waals surface area (Å²) in [6.45, 7) is 5.11. The number of rotatable bonds is 36. The lowest BCUT2D eigenvalue weighted by Gasteiger charge is -2.18. The number of ether oxygens (including phenoxy) is 1. The fraction of sp³-hybridized carbons (Fsp3) is 0.923. The summed E-state index contributed by atoms with van der Waals surface area (Å²) < 4.78 is 5.83. The molecule has 5 heteroatoms. The first-order valence-electron chi connectivity index (χ1n) is 19.5. The molecule has 0 bridgehead atoms. The minimum atomic E-state index is -0.327. The van der Waals surface area contributed by atoms with Crippen molar-refractivity contribution in [1.82, 2.24) is 5.32 Å². The minimum Gasteiger partial charge on any atom is -0.462 e. The van der Waals surface area contributed by atoms with Crippen LogP contribution in [0.15, 0.2) is 0 Å². The third-order valence-electron chi connectivity index (χ3n) is 8.90. The van der Waals surface area contributed by atoms with E-state index in [9.17, 15) is 14.4 Å². The lowest BCUT2D eigenvalue weighted by molar-refractivity contribution is -0.151. The first-order chi connectivity index (χ1) is 21.6. The first-order valence-corrected chi connectivity index (χ1v) is 19.5. The molecule has 1 atom stereocenters. The van der Waals surface area contributed by atoms with Gasteiger partial charge in [-0.15, -0.1) is 0 Å². The SMILES string of the molecule is CCCCCCCCCCCCCCCC(=O)OC(CCCCCCCCCCCCCCC)CC(=O)NCCCCC=O. The highest BCUT2D eigenvalue weighted by atomic mass is 16.5. The van der Waals surface area contributed by atoms with Crippen molar-refractivity contribution in [2.45, 2.75) is 225 Å². The van der Waals surface area contributed by atoms with Gasteiger partial charge in [0.05, 0.1) is 6.42 Å². The van der Waals surface area contributed by atoms with Crippen LogP contribution in [0.4, 0.5) is 0 Å². The van der Waals surface area contributed by atoms with Crippen LogP contribution in [-0.4, -0.2) is 30.8 Å². The molecule has 1 unspecified atom stereocenters. The predicted molar refractivity (Wildman–Crippen MR) is 188 cm³/mol. The fourth-order valence-electron chi connectivity index (χ4n) is 5.98. The Labute approximate surface area is 274 Å². The topological polar surface area (TPSA) is 72.5 Å². The van der Waals surface area contributed by atoms with E-state index < -0.39 is 0 Å². The van der Waals surface area contributed by atoms with Crippen molar-refractivity contribution >= 4 is 18.2 Å². The molecule has 1 amide bonds. The van der Waals surface area contributed by atoms with Crippen LogP contribution >= 0.6 is 0 Å². The molecule has 0 heterocycles. The maximum atomic E-state index is 12.6. The molecule has 0 aromatic rings. The average molecular weight is 622 g/mol. The molecular formula is C39H75NO4. The van der Waals surface area contributed by atoms with Crippen LogP contribution < -0.4 is 5.32 Å². The van der Waals surface area contributed by atoms with Gasteiger partial charge >= 0.3 is 5.97 Å². The third-order valence-corrected chi connectivity index (χ3v) is 8.90. The monoisotopic (exact) mass is 622 g/mol. The van der Waals surface area contributed by atoms with Crippen molar-refractivity contribution in [3.05, 3.63) is 0 Å². The first kappa shape index (κ1) is 42.6. The molecule has 0 saturated carbocycles. The van der Waals surface area contributed by atoms with E-state index in [4.69, 9.17) is 4.74 Å². The van der Waals surface area contributed by atoms with Gasteiger partial charge in [0.2, 0.25) is 5.91 Å². The molecule has 44 heavy (non-hydrogen) atoms. The van der Waals surface area contributed by atoms with Gasteiger partial charge in [-0.2, -0.15) is 0 Å². The second kappa shape index (κ2) is 36.1. The Kier molecular flexibility index (Phi) is 34.9. The van der Waals surface area contributed by atoms with E-state index in [1.807, 2.05) is 0 Å². The molecular weight excluding hydrogens is 546 g/mol. The van der Waals surface area contributed by atoms with Crippen LogP contribution in [0.1, 0.15) is 219 Å². The Balaban J connectivity index is 4.09. The van der Waals surface area contributed by atoms with E-state index in [1.165, 1.54) is 141 Å². The van der Waals surface area contributed by atoms with Gasteiger partial charge in [-0.05, 0) is 32.1 Å². The largest absolute Gasteiger partial charge is 0.462 e. The summed E-state index contributed by atoms with van der Waals surface area (Å²) in [6, 6.07) is 0. The van der Waals surface area contributed by atoms with Gasteiger partial charge in [0, 0.05) is 19.4 Å². The van der Waals surface area contributed by atoms with E-state index in [0.29, 0.717) is 19.4 Å². The van der Waals surface area contributed by atoms with Gasteiger partial charge in [0.1, 0.15) is 12.4 Å². The Morgan fingerprint density at radius 3 is 1.39 bits per heavy atom. The van der Waals surface area contributed by atoms with Crippen molar-refractivity contribution in [3.8, 4) is 0 Å². The minimum absolute atomic E-state index is 0.0513. The Morgan fingerprint density at radius 2 is 0.955 bits per heavy atom. The quantitative estimate of drug-likeness (QED) is 0.0429. The summed E-state index contributed by atoms with van der Waals surface area (Å²) in [7, 11) is 0. The van der Waals surface area contributed by atoms with E-state index in [-0.39, 0.29) is 24.4 Å². The molecule has 0 aromatic heterocycles. The normalized spacial score (nSPS) is 11.9. The molecule has 1 N–H and O–H groups in total. The van der Waals surface area contributed by atoms with Crippen LogP contribution in [0.5, 0.6) is 0 Å². The molecule has 5 nitrogen and oxygen atoms in total. The van der Waals surface area contributed by atoms with Gasteiger partial charge in [0.15, 0.2) is 0 Å². The van der Waals surface area contributed by atoms with Crippen LogP contribution in [0.3, 0.4) is 0 Å². The maximum Gasteiger partial charge on any atom is 0.306 e. The summed E-state index contributed by atoms with van der Waals surface area (Å²) in [6.07, 6.45) is 37.9. The van der Waals surface area contributed by atoms with Crippen molar-refractivity contribution in [2.75, 3.05) is 6.54 Å². The summed E-state index contributed by atoms with van der Waals surface area (Å²) in [5.74, 6) is -0.198. The third kappa shape index (κ3) is 33.5. The lowest BCUT2D eigenvalue weighted by atomic mass is 10.0. The number of hydrogen-bond acceptors (Lipinski definition) is 4. The Bertz CT molecular complexity index is 623. The van der Waals surface area contributed by atoms with Gasteiger partial charge in [-0.3, -0.25) is 9.59 Å². The zero-order valence-electron chi connectivity index (χ0n) is 29.6. The number of esters is 1. The van der Waals surface area contributed by atoms with Gasteiger partial charge in [0.25, 0.3) is 0 Å². The van der Waals surface area contributed by atoms with Crippen molar-refractivity contribution in [1.29, 1.82) is 0 Å². The standard InChI is InChI=1S/C39H75NO4/c1-3-5-7-9-11-13-15-17-19-21-23-25-28-32-37(36-38(42)40-34-30-27-31-35-41)44-39(43)33-29-26-24-22-20-18-16-14-12-10-8-6-4-2/h35,37H,3-34,36H2,1-2H3,(H,40,42). The van der Waals surface area contributed by atoms with Crippen molar-refractivity contribution in [3.63, 3.8) is 0 Å². The molecule has 0 spiro atoms. The van der Waals surface area contributed by atoms with Gasteiger partial charge in [-0.1, -0.05) is 168 Å². The molecule has 0 rings (SSSR count). The molecule has 0 aromatic carbocycles. The zero-order chi connectivity index (χ0) is 32.2. The molecule has 0 fully saturated rings. The highest BCUT2D eigenvalue weighted by Crippen LogP contribution is 2.17. The fourth-order valence-corrected chi connectivity index (χ4v) is 5.98. The van der Waals surface area contributed by atoms with E-state index in [1.54, 1.807) is 0 Å². The molecule has 0 saturated heterocycles. The number of aldehydes is 1. The van der Waals surface area contributed by atoms with Crippen LogP contribution in [-0.2, 0) is 19.1 Å². The van der Waals surface area contributed by atoms with Crippen molar-refractivity contribution < 1.29 is 19.1 Å². The molecule has 0 aliphatic rings. The van der Waals surface area contributed by atoms with Crippen LogP contribution in [0, 0.1) is 0 Å². The highest BCUT2D eigenvalue weighted by molar-refractivity contribution is 5.77. The molecule has 260 valence electrons. The second-order valence-electron chi connectivity index (χ2n) is 13.4. The van der Waals surface area contributed by atoms with Crippen LogP contribution in [0.25, 0.3) is 0 Å². The van der Waals surface area contributed by atoms with E-state index in [2.05, 4.69) is 19.2 Å². The highest BCUT2D eigenvalue weighted by Gasteiger charge is 2.18. The number of carbonyl (C=O) groups is 3. The molecule has 0 radical (unpaired) electrons. The van der Waals surface area contributed by atoms with Crippen molar-refractivity contribution in [2.24, 2.45) is 0 Å². The van der Waals surface area contributed by atoms with Gasteiger partial charge < -0.3 is 14.8 Å². The van der Waals surface area contributed by atoms with E-state index >= 15 is 0 Å². The number of unbranched alkanes of at least 4 members (excludes halogenated alkanes) is 26. The second-order valence-corrected chi connectivity index (χ2v) is 13.4. The number of nitrogens with one attached hydrogen (secondary N) is 1. The Morgan fingerprint density at radius 1 is 0.545 bits per heavy atom. The smallest absolute Gasteiger partial charge is 0.306 e.